The van der Waals surface area contributed by atoms with Crippen LogP contribution in [-0.2, 0) is 28.6 Å². The maximum atomic E-state index is 14.4. The van der Waals surface area contributed by atoms with Gasteiger partial charge in [-0.05, 0) is 70.4 Å². The van der Waals surface area contributed by atoms with Crippen molar-refractivity contribution in [2.45, 2.75) is 88.2 Å². The summed E-state index contributed by atoms with van der Waals surface area (Å²) in [5.74, 6) is -3.78. The van der Waals surface area contributed by atoms with Gasteiger partial charge in [-0.25, -0.2) is 17.6 Å². The molecule has 1 aromatic carbocycles. The zero-order valence-corrected chi connectivity index (χ0v) is 23.4. The van der Waals surface area contributed by atoms with Crippen molar-refractivity contribution in [1.82, 2.24) is 0 Å². The number of aryl methyl sites for hydroxylation is 1. The molecule has 0 saturated heterocycles. The Morgan fingerprint density at radius 3 is 1.37 bits per heavy atom. The van der Waals surface area contributed by atoms with E-state index < -0.39 is 65.6 Å². The van der Waals surface area contributed by atoms with Gasteiger partial charge in [0.05, 0.1) is 11.2 Å². The van der Waals surface area contributed by atoms with Crippen LogP contribution in [0.3, 0.4) is 0 Å². The van der Waals surface area contributed by atoms with Crippen molar-refractivity contribution < 1.29 is 42.8 Å². The smallest absolute Gasteiger partial charge is 0.256 e. The van der Waals surface area contributed by atoms with Crippen LogP contribution in [0.25, 0.3) is 0 Å². The van der Waals surface area contributed by atoms with Crippen LogP contribution in [-0.4, -0.2) is 34.3 Å². The van der Waals surface area contributed by atoms with Crippen molar-refractivity contribution in [3.05, 3.63) is 53.1 Å². The SMILES string of the molecule is CC12CCC(OS(C)(=O)=O)(CC1)C(F)=C2F.Cc1ccc(S(=O)(=O)OC23CCC(C)(CC2)C(F)=C3F)cc1. The van der Waals surface area contributed by atoms with Gasteiger partial charge in [-0.3, -0.25) is 8.37 Å². The summed E-state index contributed by atoms with van der Waals surface area (Å²) in [5.41, 5.74) is -3.93. The fourth-order valence-corrected chi connectivity index (χ4v) is 7.76. The van der Waals surface area contributed by atoms with Crippen LogP contribution < -0.4 is 0 Å². The first-order valence-corrected chi connectivity index (χ1v) is 15.7. The zero-order valence-electron chi connectivity index (χ0n) is 21.7. The van der Waals surface area contributed by atoms with E-state index in [4.69, 9.17) is 8.37 Å². The van der Waals surface area contributed by atoms with E-state index in [1.165, 1.54) is 12.1 Å². The van der Waals surface area contributed by atoms with Gasteiger partial charge in [-0.2, -0.15) is 16.8 Å². The average Bonchev–Trinajstić information content (AvgIpc) is 2.83. The molecule has 12 heteroatoms. The molecule has 0 spiro atoms. The van der Waals surface area contributed by atoms with E-state index in [1.54, 1.807) is 26.0 Å². The predicted octanol–water partition coefficient (Wildman–Crippen LogP) is 6.63. The third kappa shape index (κ3) is 5.09. The molecule has 0 heterocycles. The van der Waals surface area contributed by atoms with Gasteiger partial charge in [0, 0.05) is 10.8 Å². The van der Waals surface area contributed by atoms with E-state index in [0.717, 1.165) is 11.8 Å². The summed E-state index contributed by atoms with van der Waals surface area (Å²) in [7, 11) is -7.93. The molecular formula is C26H32F4O6S2. The third-order valence-electron chi connectivity index (χ3n) is 8.46. The molecule has 7 rings (SSSR count). The molecule has 6 aliphatic rings. The lowest BCUT2D eigenvalue weighted by molar-refractivity contribution is -0.0185. The Labute approximate surface area is 221 Å². The van der Waals surface area contributed by atoms with Gasteiger partial charge in [-0.15, -0.1) is 0 Å². The zero-order chi connectivity index (χ0) is 28.4. The van der Waals surface area contributed by atoms with Crippen molar-refractivity contribution in [1.29, 1.82) is 0 Å². The van der Waals surface area contributed by atoms with E-state index in [2.05, 4.69) is 0 Å². The molecule has 1 aromatic rings. The van der Waals surface area contributed by atoms with Crippen molar-refractivity contribution >= 4 is 20.2 Å². The van der Waals surface area contributed by atoms with Crippen LogP contribution in [0.15, 0.2) is 52.5 Å². The molecule has 2 fully saturated rings. The highest BCUT2D eigenvalue weighted by molar-refractivity contribution is 7.86. The second kappa shape index (κ2) is 9.42. The van der Waals surface area contributed by atoms with Crippen LogP contribution in [0.5, 0.6) is 0 Å². The first kappa shape index (κ1) is 29.2. The van der Waals surface area contributed by atoms with Crippen molar-refractivity contribution in [3.63, 3.8) is 0 Å². The minimum Gasteiger partial charge on any atom is -0.256 e. The molecule has 4 bridgehead atoms. The number of halogens is 4. The highest BCUT2D eigenvalue weighted by atomic mass is 32.2. The molecule has 0 radical (unpaired) electrons. The van der Waals surface area contributed by atoms with Crippen LogP contribution in [0.4, 0.5) is 17.6 Å². The Morgan fingerprint density at radius 1 is 0.632 bits per heavy atom. The molecule has 38 heavy (non-hydrogen) atoms. The van der Waals surface area contributed by atoms with Crippen LogP contribution >= 0.6 is 0 Å². The maximum absolute atomic E-state index is 14.4. The second-order valence-corrected chi connectivity index (χ2v) is 14.6. The van der Waals surface area contributed by atoms with Gasteiger partial charge in [0.15, 0.2) is 11.7 Å². The maximum Gasteiger partial charge on any atom is 0.297 e. The van der Waals surface area contributed by atoms with Crippen LogP contribution in [0.1, 0.15) is 70.8 Å². The molecule has 6 aliphatic carbocycles. The standard InChI is InChI=1S/C16H18F2O3S.C10H14F2O3S/c1-11-3-5-12(6-4-11)22(19,20)21-16-9-7-15(2,8-10-16)13(17)14(16)18;1-9-3-5-10(6-4-9,8(12)7(9)11)15-16(2,13)14/h3-6H,7-10H2,1-2H3;3-6H2,1-2H3. The van der Waals surface area contributed by atoms with Gasteiger partial charge < -0.3 is 0 Å². The highest BCUT2D eigenvalue weighted by Gasteiger charge is 2.57. The lowest BCUT2D eigenvalue weighted by Gasteiger charge is -2.48. The van der Waals surface area contributed by atoms with Crippen molar-refractivity contribution in [2.75, 3.05) is 6.26 Å². The van der Waals surface area contributed by atoms with Gasteiger partial charge >= 0.3 is 0 Å². The summed E-state index contributed by atoms with van der Waals surface area (Å²) in [5, 5.41) is 0. The minimum atomic E-state index is -4.14. The summed E-state index contributed by atoms with van der Waals surface area (Å²) in [6, 6.07) is 6.10. The highest BCUT2D eigenvalue weighted by Crippen LogP contribution is 2.59. The fraction of sp³-hybridized carbons (Fsp3) is 0.615. The Morgan fingerprint density at radius 2 is 1.00 bits per heavy atom. The Balaban J connectivity index is 0.000000186. The quantitative estimate of drug-likeness (QED) is 0.287. The van der Waals surface area contributed by atoms with E-state index in [0.29, 0.717) is 25.7 Å². The summed E-state index contributed by atoms with van der Waals surface area (Å²) in [6.07, 6.45) is 3.25. The first-order valence-electron chi connectivity index (χ1n) is 12.4. The number of fused-ring (bicyclic) bond motifs is 4. The third-order valence-corrected chi connectivity index (χ3v) is 10.5. The summed E-state index contributed by atoms with van der Waals surface area (Å²) < 4.78 is 113. The molecule has 212 valence electrons. The number of hydrogen-bond donors (Lipinski definition) is 0. The molecule has 6 nitrogen and oxygen atoms in total. The van der Waals surface area contributed by atoms with Crippen LogP contribution in [0.2, 0.25) is 0 Å². The fourth-order valence-electron chi connectivity index (χ4n) is 5.71. The number of benzene rings is 1. The lowest BCUT2D eigenvalue weighted by atomic mass is 9.63. The molecule has 0 aliphatic heterocycles. The summed E-state index contributed by atoms with van der Waals surface area (Å²) in [4.78, 5) is -0.0420. The lowest BCUT2D eigenvalue weighted by Crippen LogP contribution is -2.48. The summed E-state index contributed by atoms with van der Waals surface area (Å²) >= 11 is 0. The molecule has 0 amide bonds. The van der Waals surface area contributed by atoms with Crippen molar-refractivity contribution in [2.24, 2.45) is 10.8 Å². The van der Waals surface area contributed by atoms with Gasteiger partial charge in [-0.1, -0.05) is 31.5 Å². The first-order chi connectivity index (χ1) is 17.4. The minimum absolute atomic E-state index is 0.0420. The Bertz CT molecular complexity index is 1380. The molecule has 0 aromatic heterocycles. The molecule has 0 unspecified atom stereocenters. The second-order valence-electron chi connectivity index (χ2n) is 11.5. The monoisotopic (exact) mass is 580 g/mol. The number of hydrogen-bond acceptors (Lipinski definition) is 6. The largest absolute Gasteiger partial charge is 0.297 e. The van der Waals surface area contributed by atoms with E-state index >= 15 is 0 Å². The van der Waals surface area contributed by atoms with E-state index in [-0.39, 0.29) is 30.6 Å². The van der Waals surface area contributed by atoms with E-state index in [9.17, 15) is 34.4 Å². The molecule has 0 atom stereocenters. The topological polar surface area (TPSA) is 86.7 Å². The molecular weight excluding hydrogens is 548 g/mol. The predicted molar refractivity (Wildman–Crippen MR) is 132 cm³/mol. The normalized spacial score (nSPS) is 34.8. The number of allylic oxidation sites excluding steroid dienone is 2. The Kier molecular flexibility index (Phi) is 7.24. The van der Waals surface area contributed by atoms with Gasteiger partial charge in [0.1, 0.15) is 22.9 Å². The van der Waals surface area contributed by atoms with Gasteiger partial charge in [0.25, 0.3) is 20.2 Å². The molecule has 0 N–H and O–H groups in total. The number of rotatable bonds is 5. The molecule has 2 saturated carbocycles. The van der Waals surface area contributed by atoms with E-state index in [1.807, 2.05) is 6.92 Å². The summed E-state index contributed by atoms with van der Waals surface area (Å²) in [6.45, 7) is 5.15. The van der Waals surface area contributed by atoms with Gasteiger partial charge in [0.2, 0.25) is 0 Å². The van der Waals surface area contributed by atoms with Crippen molar-refractivity contribution in [3.8, 4) is 0 Å². The average molecular weight is 581 g/mol. The Hall–Kier alpha value is -1.76. The van der Waals surface area contributed by atoms with Crippen LogP contribution in [0, 0.1) is 17.8 Å².